The van der Waals surface area contributed by atoms with Gasteiger partial charge in [-0.25, -0.2) is 13.7 Å². The van der Waals surface area contributed by atoms with Crippen molar-refractivity contribution in [2.45, 2.75) is 162 Å². The zero-order chi connectivity index (χ0) is 57.7. The van der Waals surface area contributed by atoms with Gasteiger partial charge in [0.05, 0.1) is 0 Å². The molecule has 3 aliphatic rings. The van der Waals surface area contributed by atoms with E-state index in [1.807, 2.05) is 0 Å². The normalized spacial score (nSPS) is 14.8. The summed E-state index contributed by atoms with van der Waals surface area (Å²) in [5.41, 5.74) is 37.0. The zero-order valence-corrected chi connectivity index (χ0v) is 52.1. The third-order valence-corrected chi connectivity index (χ3v) is 21.1. The first-order valence-corrected chi connectivity index (χ1v) is 29.5. The zero-order valence-electron chi connectivity index (χ0n) is 52.1. The van der Waals surface area contributed by atoms with Crippen LogP contribution >= 0.6 is 0 Å². The van der Waals surface area contributed by atoms with Gasteiger partial charge in [-0.05, 0) is 209 Å². The topological polar surface area (TPSA) is 24.9 Å². The van der Waals surface area contributed by atoms with Crippen LogP contribution in [0.3, 0.4) is 0 Å². The highest BCUT2D eigenvalue weighted by atomic mass is 15.2. The molecule has 6 aromatic heterocycles. The van der Waals surface area contributed by atoms with Gasteiger partial charge in [0, 0.05) is 70.8 Å². The van der Waals surface area contributed by atoms with Gasteiger partial charge in [-0.2, -0.15) is 13.2 Å². The van der Waals surface area contributed by atoms with E-state index in [9.17, 15) is 0 Å². The van der Waals surface area contributed by atoms with Crippen LogP contribution in [-0.2, 0) is 16.6 Å². The number of hydrogen-bond acceptors (Lipinski definition) is 0. The van der Waals surface area contributed by atoms with Gasteiger partial charge in [-0.3, -0.25) is 0 Å². The number of benzene rings is 6. The van der Waals surface area contributed by atoms with Gasteiger partial charge in [-0.15, -0.1) is 0 Å². The molecule has 9 heterocycles. The Morgan fingerprint density at radius 3 is 1.17 bits per heavy atom. The van der Waals surface area contributed by atoms with Crippen LogP contribution in [0.15, 0.2) is 109 Å². The van der Waals surface area contributed by atoms with E-state index in [0.717, 1.165) is 0 Å². The van der Waals surface area contributed by atoms with E-state index in [0.29, 0.717) is 0 Å². The van der Waals surface area contributed by atoms with Crippen LogP contribution in [0, 0.1) is 104 Å². The monoisotopic (exact) mass is 1070 g/mol. The molecule has 0 fully saturated rings. The van der Waals surface area contributed by atoms with Crippen LogP contribution in [-0.4, -0.2) is 13.2 Å². The van der Waals surface area contributed by atoms with Crippen LogP contribution < -0.4 is 13.7 Å². The standard InChI is InChI=1S/3C25H27N2/c1-14-15(2)17(4)26-18(5)23-21-12-19-10-8-9-11-20(19)13-22(21)25(6,7)27(23)24(26)16(14)3;1-14-15(2)17(4)26-18(5)23-22-20-11-9-8-10-19(20)12-13-21(22)25(6,7)27(23)24(26)16(14)3;1-14-15(2)17(4)26-18(5)23-21-13-12-19-10-8-9-11-20(19)22(21)25(6,7)27(23)24(26)16(14)3/h3*8-13H,1-7H3/q3*+1. The quantitative estimate of drug-likeness (QED) is 0.135. The molecule has 408 valence electrons. The number of pyridine rings is 3. The maximum absolute atomic E-state index is 2.59. The van der Waals surface area contributed by atoms with Crippen LogP contribution in [0.1, 0.15) is 142 Å². The molecule has 0 amide bonds. The number of nitrogens with zero attached hydrogens (tertiary/aromatic N) is 6. The van der Waals surface area contributed by atoms with E-state index in [1.54, 1.807) is 0 Å². The molecule has 0 N–H and O–H groups in total. The van der Waals surface area contributed by atoms with E-state index in [4.69, 9.17) is 0 Å². The summed E-state index contributed by atoms with van der Waals surface area (Å²) < 4.78 is 15.2. The summed E-state index contributed by atoms with van der Waals surface area (Å²) in [6, 6.07) is 40.3. The van der Waals surface area contributed by atoms with Crippen LogP contribution in [0.2, 0.25) is 0 Å². The number of rotatable bonds is 0. The van der Waals surface area contributed by atoms with Crippen molar-refractivity contribution in [2.75, 3.05) is 0 Å². The lowest BCUT2D eigenvalue weighted by Crippen LogP contribution is -2.50. The highest BCUT2D eigenvalue weighted by Gasteiger charge is 2.50. The molecule has 0 aliphatic carbocycles. The minimum atomic E-state index is -0.0933. The molecule has 0 bridgehead atoms. The summed E-state index contributed by atoms with van der Waals surface area (Å²) in [6.45, 7) is 48.2. The van der Waals surface area contributed by atoms with Crippen molar-refractivity contribution < 1.29 is 13.7 Å². The van der Waals surface area contributed by atoms with Gasteiger partial charge in [0.25, 0.3) is 16.9 Å². The Labute approximate surface area is 479 Å². The van der Waals surface area contributed by atoms with Crippen LogP contribution in [0.5, 0.6) is 0 Å². The second kappa shape index (κ2) is 17.3. The van der Waals surface area contributed by atoms with Crippen molar-refractivity contribution in [3.05, 3.63) is 210 Å². The lowest BCUT2D eigenvalue weighted by molar-refractivity contribution is -0.708. The molecule has 6 heteroatoms. The van der Waals surface area contributed by atoms with Crippen LogP contribution in [0.25, 0.3) is 83.0 Å². The first-order chi connectivity index (χ1) is 38.3. The Kier molecular flexibility index (Phi) is 11.3. The molecule has 81 heavy (non-hydrogen) atoms. The number of imidazole rings is 3. The maximum atomic E-state index is 2.59. The van der Waals surface area contributed by atoms with E-state index in [2.05, 4.69) is 281 Å². The fourth-order valence-electron chi connectivity index (χ4n) is 15.8. The van der Waals surface area contributed by atoms with E-state index < -0.39 is 0 Å². The smallest absolute Gasteiger partial charge is 0.213 e. The summed E-state index contributed by atoms with van der Waals surface area (Å²) in [4.78, 5) is 0. The lowest BCUT2D eigenvalue weighted by atomic mass is 9.88. The lowest BCUT2D eigenvalue weighted by Gasteiger charge is -2.21. The summed E-state index contributed by atoms with van der Waals surface area (Å²) in [5, 5.41) is 8.01. The average molecular weight is 1070 g/mol. The minimum Gasteiger partial charge on any atom is -0.213 e. The van der Waals surface area contributed by atoms with Crippen molar-refractivity contribution in [1.82, 2.24) is 13.2 Å². The van der Waals surface area contributed by atoms with Crippen molar-refractivity contribution in [2.24, 2.45) is 0 Å². The highest BCUT2D eigenvalue weighted by molar-refractivity contribution is 5.99. The molecular formula is C75H81N6+3. The Balaban J connectivity index is 0.000000114. The van der Waals surface area contributed by atoms with Crippen LogP contribution in [0.4, 0.5) is 0 Å². The van der Waals surface area contributed by atoms with Gasteiger partial charge in [0.2, 0.25) is 0 Å². The Morgan fingerprint density at radius 1 is 0.296 bits per heavy atom. The molecule has 15 rings (SSSR count). The average Bonchev–Trinajstić information content (AvgIpc) is 4.28. The van der Waals surface area contributed by atoms with E-state index in [1.165, 1.54) is 184 Å². The second-order valence-electron chi connectivity index (χ2n) is 26.0. The number of aryl methyl sites for hydroxylation is 9. The van der Waals surface area contributed by atoms with Crippen molar-refractivity contribution >= 4 is 49.3 Å². The third-order valence-electron chi connectivity index (χ3n) is 21.1. The summed E-state index contributed by atoms with van der Waals surface area (Å²) in [7, 11) is 0. The number of hydrogen-bond donors (Lipinski definition) is 0. The molecule has 0 radical (unpaired) electrons. The van der Waals surface area contributed by atoms with Gasteiger partial charge >= 0.3 is 0 Å². The van der Waals surface area contributed by atoms with Crippen molar-refractivity contribution in [3.63, 3.8) is 0 Å². The molecule has 6 nitrogen and oxygen atoms in total. The molecule has 3 aliphatic heterocycles. The molecule has 0 saturated carbocycles. The van der Waals surface area contributed by atoms with E-state index >= 15 is 0 Å². The Bertz CT molecular complexity index is 4770. The first kappa shape index (κ1) is 52.5. The Hall–Kier alpha value is -7.83. The molecule has 6 aromatic carbocycles. The summed E-state index contributed by atoms with van der Waals surface area (Å²) in [6.07, 6.45) is 0. The molecule has 0 unspecified atom stereocenters. The second-order valence-corrected chi connectivity index (χ2v) is 26.0. The fourth-order valence-corrected chi connectivity index (χ4v) is 15.8. The Morgan fingerprint density at radius 2 is 0.667 bits per heavy atom. The predicted molar refractivity (Wildman–Crippen MR) is 338 cm³/mol. The number of aromatic nitrogens is 6. The van der Waals surface area contributed by atoms with Crippen molar-refractivity contribution in [1.29, 1.82) is 0 Å². The molecule has 0 saturated heterocycles. The molecular weight excluding hydrogens is 985 g/mol. The van der Waals surface area contributed by atoms with Gasteiger partial charge in [0.15, 0.2) is 34.2 Å². The van der Waals surface area contributed by atoms with Gasteiger partial charge in [-0.1, -0.05) is 91.0 Å². The summed E-state index contributed by atoms with van der Waals surface area (Å²) >= 11 is 0. The van der Waals surface area contributed by atoms with Crippen molar-refractivity contribution in [3.8, 4) is 33.8 Å². The first-order valence-electron chi connectivity index (χ1n) is 29.5. The predicted octanol–water partition coefficient (Wildman–Crippen LogP) is 17.1. The molecule has 0 spiro atoms. The fraction of sp³-hybridized carbons (Fsp3) is 0.320. The summed E-state index contributed by atoms with van der Waals surface area (Å²) in [5.74, 6) is 0. The third kappa shape index (κ3) is 6.65. The molecule has 12 aromatic rings. The van der Waals surface area contributed by atoms with Gasteiger partial charge in [0.1, 0.15) is 33.7 Å². The largest absolute Gasteiger partial charge is 0.291 e. The SMILES string of the molecule is Cc1c(C)c(C)n2c(C)c3[n+](c2c1C)C(C)(C)c1c-3ccc2ccccc12.Cc1c(C)c(C)n2c(C)c3[n+](c2c1C)C(C)(C)c1cc2ccccc2cc1-3.Cc1c(C)c(C)n2c(C)c3[n+](c2c1C)C(C)(C)c1ccc2ccccc2c1-3. The maximum Gasteiger partial charge on any atom is 0.291 e. The minimum absolute atomic E-state index is 0.0763. The number of fused-ring (bicyclic) bond motifs is 20. The highest BCUT2D eigenvalue weighted by Crippen LogP contribution is 2.48. The molecule has 0 atom stereocenters. The van der Waals surface area contributed by atoms with E-state index in [-0.39, 0.29) is 16.6 Å². The van der Waals surface area contributed by atoms with Gasteiger partial charge < -0.3 is 0 Å².